The van der Waals surface area contributed by atoms with E-state index >= 15 is 0 Å². The largest absolute Gasteiger partial charge is 0.297 e. The molecule has 1 unspecified atom stereocenters. The average Bonchev–Trinajstić information content (AvgIpc) is 2.29. The number of hydrogen-bond acceptors (Lipinski definition) is 1. The molecule has 1 heteroatoms. The summed E-state index contributed by atoms with van der Waals surface area (Å²) in [4.78, 5) is 2.80. The van der Waals surface area contributed by atoms with Crippen LogP contribution in [0, 0.1) is 5.41 Å². The quantitative estimate of drug-likeness (QED) is 0.601. The molecule has 76 valence electrons. The van der Waals surface area contributed by atoms with Gasteiger partial charge in [-0.3, -0.25) is 4.90 Å². The molecule has 13 heavy (non-hydrogen) atoms. The van der Waals surface area contributed by atoms with E-state index < -0.39 is 0 Å². The maximum atomic E-state index is 2.80. The first-order valence-electron chi connectivity index (χ1n) is 5.85. The number of likely N-dealkylation sites (tertiary alicyclic amines) is 1. The topological polar surface area (TPSA) is 3.24 Å². The molecule has 0 aromatic rings. The van der Waals surface area contributed by atoms with Gasteiger partial charge in [-0.15, -0.1) is 0 Å². The first-order chi connectivity index (χ1) is 6.09. The first kappa shape index (κ1) is 9.51. The highest BCUT2D eigenvalue weighted by molar-refractivity contribution is 4.94. The molecule has 0 spiro atoms. The molecule has 1 aliphatic heterocycles. The SMILES string of the molecule is CC(C)(C)C1CCCN1C1CCC1. The lowest BCUT2D eigenvalue weighted by atomic mass is 9.82. The number of rotatable bonds is 1. The van der Waals surface area contributed by atoms with Gasteiger partial charge in [-0.25, -0.2) is 0 Å². The molecule has 0 aromatic heterocycles. The molecule has 1 saturated carbocycles. The molecular weight excluding hydrogens is 158 g/mol. The molecule has 1 nitrogen and oxygen atoms in total. The van der Waals surface area contributed by atoms with Gasteiger partial charge in [0.1, 0.15) is 0 Å². The molecule has 1 heterocycles. The van der Waals surface area contributed by atoms with Gasteiger partial charge in [-0.2, -0.15) is 0 Å². The standard InChI is InChI=1S/C12H23N/c1-12(2,3)11-8-5-9-13(11)10-6-4-7-10/h10-11H,4-9H2,1-3H3. The third-order valence-corrected chi connectivity index (χ3v) is 3.84. The lowest BCUT2D eigenvalue weighted by Crippen LogP contribution is -2.48. The van der Waals surface area contributed by atoms with Gasteiger partial charge in [0, 0.05) is 12.1 Å². The monoisotopic (exact) mass is 181 g/mol. The van der Waals surface area contributed by atoms with Crippen LogP contribution in [-0.2, 0) is 0 Å². The minimum atomic E-state index is 0.492. The van der Waals surface area contributed by atoms with Gasteiger partial charge in [-0.1, -0.05) is 27.2 Å². The Balaban J connectivity index is 2.01. The van der Waals surface area contributed by atoms with Crippen LogP contribution in [0.25, 0.3) is 0 Å². The fraction of sp³-hybridized carbons (Fsp3) is 1.00. The van der Waals surface area contributed by atoms with Gasteiger partial charge >= 0.3 is 0 Å². The van der Waals surface area contributed by atoms with E-state index in [1.54, 1.807) is 0 Å². The van der Waals surface area contributed by atoms with Gasteiger partial charge in [0.05, 0.1) is 0 Å². The molecular formula is C12H23N. The van der Waals surface area contributed by atoms with Crippen molar-refractivity contribution in [3.63, 3.8) is 0 Å². The molecule has 0 amide bonds. The zero-order chi connectivity index (χ0) is 9.47. The Morgan fingerprint density at radius 2 is 1.69 bits per heavy atom. The Morgan fingerprint density at radius 3 is 2.15 bits per heavy atom. The van der Waals surface area contributed by atoms with E-state index in [2.05, 4.69) is 25.7 Å². The highest BCUT2D eigenvalue weighted by Crippen LogP contribution is 2.38. The van der Waals surface area contributed by atoms with E-state index in [-0.39, 0.29) is 0 Å². The third-order valence-electron chi connectivity index (χ3n) is 3.84. The fourth-order valence-electron chi connectivity index (χ4n) is 2.87. The number of hydrogen-bond donors (Lipinski definition) is 0. The second-order valence-electron chi connectivity index (χ2n) is 5.85. The summed E-state index contributed by atoms with van der Waals surface area (Å²) >= 11 is 0. The van der Waals surface area contributed by atoms with Crippen LogP contribution in [0.5, 0.6) is 0 Å². The van der Waals surface area contributed by atoms with Crippen LogP contribution in [0.2, 0.25) is 0 Å². The molecule has 0 N–H and O–H groups in total. The van der Waals surface area contributed by atoms with Crippen molar-refractivity contribution in [1.82, 2.24) is 4.90 Å². The fourth-order valence-corrected chi connectivity index (χ4v) is 2.87. The van der Waals surface area contributed by atoms with Gasteiger partial charge in [0.15, 0.2) is 0 Å². The molecule has 0 radical (unpaired) electrons. The highest BCUT2D eigenvalue weighted by Gasteiger charge is 2.39. The Morgan fingerprint density at radius 1 is 1.00 bits per heavy atom. The van der Waals surface area contributed by atoms with Crippen LogP contribution >= 0.6 is 0 Å². The third kappa shape index (κ3) is 1.76. The predicted octanol–water partition coefficient (Wildman–Crippen LogP) is 3.05. The summed E-state index contributed by atoms with van der Waals surface area (Å²) in [7, 11) is 0. The summed E-state index contributed by atoms with van der Waals surface area (Å²) in [6, 6.07) is 1.81. The second kappa shape index (κ2) is 3.27. The summed E-state index contributed by atoms with van der Waals surface area (Å²) < 4.78 is 0. The minimum absolute atomic E-state index is 0.492. The summed E-state index contributed by atoms with van der Waals surface area (Å²) in [6.45, 7) is 8.56. The van der Waals surface area contributed by atoms with Crippen LogP contribution in [0.3, 0.4) is 0 Å². The van der Waals surface area contributed by atoms with Gasteiger partial charge in [0.2, 0.25) is 0 Å². The molecule has 0 aromatic carbocycles. The molecule has 0 bridgehead atoms. The van der Waals surface area contributed by atoms with Crippen molar-refractivity contribution in [3.05, 3.63) is 0 Å². The smallest absolute Gasteiger partial charge is 0.0147 e. The Kier molecular flexibility index (Phi) is 2.39. The summed E-state index contributed by atoms with van der Waals surface area (Å²) in [5.41, 5.74) is 0.492. The maximum absolute atomic E-state index is 2.80. The second-order valence-corrected chi connectivity index (χ2v) is 5.85. The molecule has 1 saturated heterocycles. The molecule has 2 rings (SSSR count). The van der Waals surface area contributed by atoms with Crippen molar-refractivity contribution in [2.75, 3.05) is 6.54 Å². The molecule has 1 atom stereocenters. The average molecular weight is 181 g/mol. The Hall–Kier alpha value is -0.0400. The molecule has 1 aliphatic carbocycles. The normalized spacial score (nSPS) is 32.1. The Labute approximate surface area is 82.5 Å². The lowest BCUT2D eigenvalue weighted by molar-refractivity contribution is 0.0579. The summed E-state index contributed by atoms with van der Waals surface area (Å²) in [5.74, 6) is 0. The van der Waals surface area contributed by atoms with Crippen molar-refractivity contribution in [2.45, 2.75) is 65.0 Å². The van der Waals surface area contributed by atoms with Crippen molar-refractivity contribution in [3.8, 4) is 0 Å². The van der Waals surface area contributed by atoms with E-state index in [1.807, 2.05) is 0 Å². The van der Waals surface area contributed by atoms with E-state index in [0.29, 0.717) is 5.41 Å². The molecule has 2 fully saturated rings. The van der Waals surface area contributed by atoms with Crippen LogP contribution in [-0.4, -0.2) is 23.5 Å². The predicted molar refractivity (Wildman–Crippen MR) is 56.8 cm³/mol. The van der Waals surface area contributed by atoms with Gasteiger partial charge in [0.25, 0.3) is 0 Å². The van der Waals surface area contributed by atoms with Crippen molar-refractivity contribution < 1.29 is 0 Å². The van der Waals surface area contributed by atoms with Crippen LogP contribution in [0.4, 0.5) is 0 Å². The van der Waals surface area contributed by atoms with Crippen molar-refractivity contribution >= 4 is 0 Å². The van der Waals surface area contributed by atoms with E-state index in [0.717, 1.165) is 12.1 Å². The minimum Gasteiger partial charge on any atom is -0.297 e. The summed E-state index contributed by atoms with van der Waals surface area (Å²) in [5, 5.41) is 0. The lowest BCUT2D eigenvalue weighted by Gasteiger charge is -2.43. The van der Waals surface area contributed by atoms with Crippen molar-refractivity contribution in [2.24, 2.45) is 5.41 Å². The van der Waals surface area contributed by atoms with Gasteiger partial charge < -0.3 is 0 Å². The zero-order valence-electron chi connectivity index (χ0n) is 9.34. The first-order valence-corrected chi connectivity index (χ1v) is 5.85. The van der Waals surface area contributed by atoms with E-state index in [4.69, 9.17) is 0 Å². The zero-order valence-corrected chi connectivity index (χ0v) is 9.34. The van der Waals surface area contributed by atoms with E-state index in [9.17, 15) is 0 Å². The highest BCUT2D eigenvalue weighted by atomic mass is 15.2. The van der Waals surface area contributed by atoms with Gasteiger partial charge in [-0.05, 0) is 37.6 Å². The van der Waals surface area contributed by atoms with E-state index in [1.165, 1.54) is 38.6 Å². The van der Waals surface area contributed by atoms with Crippen LogP contribution in [0.1, 0.15) is 52.9 Å². The van der Waals surface area contributed by atoms with Crippen LogP contribution in [0.15, 0.2) is 0 Å². The maximum Gasteiger partial charge on any atom is 0.0147 e. The summed E-state index contributed by atoms with van der Waals surface area (Å²) in [6.07, 6.45) is 7.26. The number of nitrogens with zero attached hydrogens (tertiary/aromatic N) is 1. The molecule has 2 aliphatic rings. The van der Waals surface area contributed by atoms with Crippen molar-refractivity contribution in [1.29, 1.82) is 0 Å². The van der Waals surface area contributed by atoms with Crippen LogP contribution < -0.4 is 0 Å². The Bertz CT molecular complexity index is 176.